The SMILES string of the molecule is COc1ccc(N[C@@H]2c3ccccc3C(=O)N2c2ccc(C)cn2)cc1. The van der Waals surface area contributed by atoms with Crippen molar-refractivity contribution in [3.63, 3.8) is 0 Å². The topological polar surface area (TPSA) is 54.5 Å². The van der Waals surface area contributed by atoms with Crippen molar-refractivity contribution in [1.82, 2.24) is 4.98 Å². The molecule has 1 amide bonds. The molecule has 0 saturated heterocycles. The summed E-state index contributed by atoms with van der Waals surface area (Å²) < 4.78 is 5.21. The van der Waals surface area contributed by atoms with E-state index in [4.69, 9.17) is 4.74 Å². The molecule has 0 fully saturated rings. The molecule has 1 aliphatic heterocycles. The Balaban J connectivity index is 1.74. The number of ether oxygens (including phenoxy) is 1. The number of aryl methyl sites for hydroxylation is 1. The van der Waals surface area contributed by atoms with Crippen LogP contribution in [0.5, 0.6) is 5.75 Å². The van der Waals surface area contributed by atoms with Crippen LogP contribution in [0.25, 0.3) is 0 Å². The Kier molecular flexibility index (Phi) is 4.05. The molecule has 0 saturated carbocycles. The van der Waals surface area contributed by atoms with E-state index >= 15 is 0 Å². The van der Waals surface area contributed by atoms with Gasteiger partial charge in [-0.05, 0) is 48.9 Å². The van der Waals surface area contributed by atoms with Crippen molar-refractivity contribution in [1.29, 1.82) is 0 Å². The molecule has 0 bridgehead atoms. The van der Waals surface area contributed by atoms with Gasteiger partial charge < -0.3 is 10.1 Å². The van der Waals surface area contributed by atoms with Crippen molar-refractivity contribution in [2.75, 3.05) is 17.3 Å². The molecule has 3 aromatic rings. The number of anilines is 2. The number of rotatable bonds is 4. The lowest BCUT2D eigenvalue weighted by atomic mass is 10.1. The molecule has 1 N–H and O–H groups in total. The molecule has 5 heteroatoms. The zero-order valence-electron chi connectivity index (χ0n) is 14.6. The van der Waals surface area contributed by atoms with E-state index in [-0.39, 0.29) is 12.1 Å². The van der Waals surface area contributed by atoms with Gasteiger partial charge in [-0.1, -0.05) is 24.3 Å². The van der Waals surface area contributed by atoms with E-state index in [1.54, 1.807) is 18.2 Å². The highest BCUT2D eigenvalue weighted by molar-refractivity contribution is 6.11. The van der Waals surface area contributed by atoms with E-state index in [2.05, 4.69) is 10.3 Å². The highest BCUT2D eigenvalue weighted by Gasteiger charge is 2.38. The van der Waals surface area contributed by atoms with Crippen LogP contribution in [0, 0.1) is 6.92 Å². The number of hydrogen-bond acceptors (Lipinski definition) is 4. The first-order valence-corrected chi connectivity index (χ1v) is 8.43. The van der Waals surface area contributed by atoms with Crippen LogP contribution in [0.2, 0.25) is 0 Å². The second-order valence-corrected chi connectivity index (χ2v) is 6.23. The van der Waals surface area contributed by atoms with Crippen LogP contribution in [0.15, 0.2) is 66.9 Å². The molecule has 2 aromatic carbocycles. The number of amides is 1. The predicted molar refractivity (Wildman–Crippen MR) is 102 cm³/mol. The van der Waals surface area contributed by atoms with E-state index < -0.39 is 0 Å². The molecule has 0 unspecified atom stereocenters. The van der Waals surface area contributed by atoms with Crippen molar-refractivity contribution in [2.45, 2.75) is 13.1 Å². The lowest BCUT2D eigenvalue weighted by Gasteiger charge is -2.26. The van der Waals surface area contributed by atoms with Crippen LogP contribution in [0.4, 0.5) is 11.5 Å². The van der Waals surface area contributed by atoms with Crippen LogP contribution in [-0.2, 0) is 0 Å². The Bertz CT molecular complexity index is 936. The third-order valence-corrected chi connectivity index (χ3v) is 4.50. The zero-order chi connectivity index (χ0) is 18.1. The predicted octanol–water partition coefficient (Wildman–Crippen LogP) is 4.17. The Morgan fingerprint density at radius 1 is 1.04 bits per heavy atom. The molecule has 1 aromatic heterocycles. The minimum Gasteiger partial charge on any atom is -0.497 e. The van der Waals surface area contributed by atoms with Crippen LogP contribution < -0.4 is 15.0 Å². The van der Waals surface area contributed by atoms with Crippen molar-refractivity contribution >= 4 is 17.4 Å². The average molecular weight is 345 g/mol. The Hall–Kier alpha value is -3.34. The first-order chi connectivity index (χ1) is 12.7. The third kappa shape index (κ3) is 2.77. The van der Waals surface area contributed by atoms with Crippen molar-refractivity contribution in [2.24, 2.45) is 0 Å². The molecule has 130 valence electrons. The maximum atomic E-state index is 13.0. The molecular formula is C21H19N3O2. The lowest BCUT2D eigenvalue weighted by Crippen LogP contribution is -2.32. The number of nitrogens with zero attached hydrogens (tertiary/aromatic N) is 2. The maximum Gasteiger partial charge on any atom is 0.261 e. The van der Waals surface area contributed by atoms with Crippen LogP contribution in [-0.4, -0.2) is 18.0 Å². The molecule has 0 spiro atoms. The summed E-state index contributed by atoms with van der Waals surface area (Å²) >= 11 is 0. The minimum absolute atomic E-state index is 0.0528. The molecular weight excluding hydrogens is 326 g/mol. The number of hydrogen-bond donors (Lipinski definition) is 1. The van der Waals surface area contributed by atoms with E-state index in [1.165, 1.54) is 0 Å². The molecule has 0 aliphatic carbocycles. The second-order valence-electron chi connectivity index (χ2n) is 6.23. The lowest BCUT2D eigenvalue weighted by molar-refractivity contribution is 0.0992. The number of carbonyl (C=O) groups excluding carboxylic acids is 1. The largest absolute Gasteiger partial charge is 0.497 e. The number of methoxy groups -OCH3 is 1. The van der Waals surface area contributed by atoms with Crippen LogP contribution in [0.3, 0.4) is 0 Å². The van der Waals surface area contributed by atoms with Gasteiger partial charge in [0.1, 0.15) is 17.7 Å². The number of nitrogens with one attached hydrogen (secondary N) is 1. The summed E-state index contributed by atoms with van der Waals surface area (Å²) in [7, 11) is 1.64. The van der Waals surface area contributed by atoms with Gasteiger partial charge in [-0.15, -0.1) is 0 Å². The van der Waals surface area contributed by atoms with Gasteiger partial charge in [-0.3, -0.25) is 9.69 Å². The fraction of sp³-hybridized carbons (Fsp3) is 0.143. The molecule has 5 nitrogen and oxygen atoms in total. The number of pyridine rings is 1. The van der Waals surface area contributed by atoms with Gasteiger partial charge in [-0.25, -0.2) is 4.98 Å². The summed E-state index contributed by atoms with van der Waals surface area (Å²) in [5, 5.41) is 3.45. The van der Waals surface area contributed by atoms with Gasteiger partial charge >= 0.3 is 0 Å². The molecule has 26 heavy (non-hydrogen) atoms. The van der Waals surface area contributed by atoms with Crippen LogP contribution >= 0.6 is 0 Å². The standard InChI is InChI=1S/C21H19N3O2/c1-14-7-12-19(22-13-14)24-20(17-5-3-4-6-18(17)21(24)25)23-15-8-10-16(26-2)11-9-15/h3-13,20,23H,1-2H3/t20-/m0/s1. The van der Waals surface area contributed by atoms with Gasteiger partial charge in [0.2, 0.25) is 0 Å². The Labute approximate surface area is 152 Å². The highest BCUT2D eigenvalue weighted by atomic mass is 16.5. The fourth-order valence-electron chi connectivity index (χ4n) is 3.14. The highest BCUT2D eigenvalue weighted by Crippen LogP contribution is 2.37. The van der Waals surface area contributed by atoms with E-state index in [0.717, 1.165) is 22.6 Å². The van der Waals surface area contributed by atoms with Gasteiger partial charge in [0.05, 0.1) is 7.11 Å². The van der Waals surface area contributed by atoms with E-state index in [9.17, 15) is 4.79 Å². The van der Waals surface area contributed by atoms with Crippen molar-refractivity contribution in [3.05, 3.63) is 83.6 Å². The number of fused-ring (bicyclic) bond motifs is 1. The van der Waals surface area contributed by atoms with Crippen molar-refractivity contribution in [3.8, 4) is 5.75 Å². The second kappa shape index (κ2) is 6.52. The number of aromatic nitrogens is 1. The molecule has 4 rings (SSSR count). The smallest absolute Gasteiger partial charge is 0.261 e. The first kappa shape index (κ1) is 16.1. The number of benzene rings is 2. The summed E-state index contributed by atoms with van der Waals surface area (Å²) in [6.45, 7) is 1.98. The first-order valence-electron chi connectivity index (χ1n) is 8.43. The normalized spacial score (nSPS) is 15.7. The number of carbonyl (C=O) groups is 1. The van der Waals surface area contributed by atoms with Gasteiger partial charge in [0.25, 0.3) is 5.91 Å². The summed E-state index contributed by atoms with van der Waals surface area (Å²) in [4.78, 5) is 19.2. The van der Waals surface area contributed by atoms with Gasteiger partial charge in [-0.2, -0.15) is 0 Å². The minimum atomic E-state index is -0.317. The monoisotopic (exact) mass is 345 g/mol. The van der Waals surface area contributed by atoms with E-state index in [1.807, 2.05) is 67.6 Å². The maximum absolute atomic E-state index is 13.0. The Morgan fingerprint density at radius 3 is 2.50 bits per heavy atom. The zero-order valence-corrected chi connectivity index (χ0v) is 14.6. The van der Waals surface area contributed by atoms with Gasteiger partial charge in [0.15, 0.2) is 0 Å². The van der Waals surface area contributed by atoms with Crippen molar-refractivity contribution < 1.29 is 9.53 Å². The summed E-state index contributed by atoms with van der Waals surface area (Å²) in [6, 6.07) is 19.1. The summed E-state index contributed by atoms with van der Waals surface area (Å²) in [5.41, 5.74) is 3.59. The molecule has 1 atom stereocenters. The summed E-state index contributed by atoms with van der Waals surface area (Å²) in [5.74, 6) is 1.36. The molecule has 1 aliphatic rings. The quantitative estimate of drug-likeness (QED) is 0.771. The Morgan fingerprint density at radius 2 is 1.81 bits per heavy atom. The summed E-state index contributed by atoms with van der Waals surface area (Å²) in [6.07, 6.45) is 1.46. The van der Waals surface area contributed by atoms with Crippen LogP contribution in [0.1, 0.15) is 27.7 Å². The molecule has 0 radical (unpaired) electrons. The fourth-order valence-corrected chi connectivity index (χ4v) is 3.14. The average Bonchev–Trinajstić information content (AvgIpc) is 2.95. The third-order valence-electron chi connectivity index (χ3n) is 4.50. The van der Waals surface area contributed by atoms with E-state index in [0.29, 0.717) is 11.4 Å². The van der Waals surface area contributed by atoms with Gasteiger partial charge in [0, 0.05) is 23.0 Å². The molecule has 2 heterocycles.